The van der Waals surface area contributed by atoms with Gasteiger partial charge in [-0.25, -0.2) is 0 Å². The lowest BCUT2D eigenvalue weighted by molar-refractivity contribution is 0.0991. The molecular weight excluding hydrogens is 342 g/mol. The molecule has 0 saturated heterocycles. The van der Waals surface area contributed by atoms with E-state index < -0.39 is 0 Å². The Morgan fingerprint density at radius 1 is 0.885 bits per heavy atom. The van der Waals surface area contributed by atoms with Crippen LogP contribution in [0.1, 0.15) is 26.3 Å². The maximum Gasteiger partial charge on any atom is 0.202 e. The van der Waals surface area contributed by atoms with Gasteiger partial charge in [0.25, 0.3) is 0 Å². The lowest BCUT2D eigenvalue weighted by Gasteiger charge is -2.15. The summed E-state index contributed by atoms with van der Waals surface area (Å²) in [6.07, 6.45) is 2.95. The molecule has 4 rings (SSSR count). The van der Waals surface area contributed by atoms with Crippen LogP contribution in [0.25, 0.3) is 11.3 Å². The Morgan fingerprint density at radius 3 is 2.35 bits per heavy atom. The van der Waals surface area contributed by atoms with Gasteiger partial charge in [-0.1, -0.05) is 59.8 Å². The van der Waals surface area contributed by atoms with Gasteiger partial charge in [-0.2, -0.15) is 0 Å². The fourth-order valence-electron chi connectivity index (χ4n) is 2.81. The van der Waals surface area contributed by atoms with E-state index in [0.717, 1.165) is 16.0 Å². The number of hydrogen-bond donors (Lipinski definition) is 0. The van der Waals surface area contributed by atoms with E-state index >= 15 is 0 Å². The maximum absolute atomic E-state index is 12.8. The molecule has 0 saturated carbocycles. The molecule has 0 spiro atoms. The number of aromatic nitrogens is 1. The Labute approximate surface area is 155 Å². The second-order valence-corrected chi connectivity index (χ2v) is 7.21. The fourth-order valence-corrected chi connectivity index (χ4v) is 3.71. The molecule has 2 aromatic carbocycles. The first kappa shape index (κ1) is 16.5. The predicted octanol–water partition coefficient (Wildman–Crippen LogP) is 5.11. The normalized spacial score (nSPS) is 13.3. The van der Waals surface area contributed by atoms with Gasteiger partial charge in [-0.15, -0.1) is 0 Å². The lowest BCUT2D eigenvalue weighted by atomic mass is 9.95. The molecule has 3 aromatic rings. The first-order valence-electron chi connectivity index (χ1n) is 8.22. The molecule has 0 fully saturated rings. The van der Waals surface area contributed by atoms with Gasteiger partial charge in [0.2, 0.25) is 5.78 Å². The number of nitrogens with zero attached hydrogens (tertiary/aromatic N) is 1. The third kappa shape index (κ3) is 3.11. The highest BCUT2D eigenvalue weighted by Crippen LogP contribution is 2.34. The van der Waals surface area contributed by atoms with Crippen LogP contribution in [-0.2, 0) is 0 Å². The van der Waals surface area contributed by atoms with Crippen molar-refractivity contribution in [2.75, 3.05) is 0 Å². The average Bonchev–Trinajstić information content (AvgIpc) is 2.68. The Balaban J connectivity index is 1.67. The van der Waals surface area contributed by atoms with E-state index in [0.29, 0.717) is 21.7 Å². The van der Waals surface area contributed by atoms with E-state index in [4.69, 9.17) is 0 Å². The van der Waals surface area contributed by atoms with Crippen molar-refractivity contribution < 1.29 is 9.59 Å². The summed E-state index contributed by atoms with van der Waals surface area (Å²) in [5.41, 5.74) is 3.54. The monoisotopic (exact) mass is 357 g/mol. The maximum atomic E-state index is 12.8. The quantitative estimate of drug-likeness (QED) is 0.653. The molecule has 0 unspecified atom stereocenters. The molecule has 0 aliphatic heterocycles. The number of rotatable bonds is 3. The SMILES string of the molecule is Cc1ccc(SC2=CC(=O)c3cc(-c4ccccc4)ncc3C2=O)cc1. The van der Waals surface area contributed by atoms with Gasteiger partial charge < -0.3 is 0 Å². The van der Waals surface area contributed by atoms with Gasteiger partial charge in [0.05, 0.1) is 16.2 Å². The third-order valence-electron chi connectivity index (χ3n) is 4.22. The standard InChI is InChI=1S/C22H15NO2S/c1-14-7-9-16(10-8-14)26-21-12-20(24)17-11-19(15-5-3-2-4-6-15)23-13-18(17)22(21)25/h2-13H,1H3. The number of allylic oxidation sites excluding steroid dienone is 2. The number of thioether (sulfide) groups is 1. The van der Waals surface area contributed by atoms with E-state index in [1.807, 2.05) is 61.5 Å². The summed E-state index contributed by atoms with van der Waals surface area (Å²) in [5.74, 6) is -0.314. The zero-order chi connectivity index (χ0) is 18.1. The van der Waals surface area contributed by atoms with Crippen molar-refractivity contribution in [2.45, 2.75) is 11.8 Å². The van der Waals surface area contributed by atoms with Crippen molar-refractivity contribution in [1.82, 2.24) is 4.98 Å². The van der Waals surface area contributed by atoms with Gasteiger partial charge in [0.15, 0.2) is 5.78 Å². The van der Waals surface area contributed by atoms with E-state index in [1.165, 1.54) is 24.0 Å². The van der Waals surface area contributed by atoms with Crippen LogP contribution in [0.4, 0.5) is 0 Å². The van der Waals surface area contributed by atoms with E-state index in [2.05, 4.69) is 4.98 Å². The molecule has 0 atom stereocenters. The van der Waals surface area contributed by atoms with Crippen molar-refractivity contribution >= 4 is 23.3 Å². The second kappa shape index (κ2) is 6.73. The number of carbonyl (C=O) groups is 2. The van der Waals surface area contributed by atoms with Crippen LogP contribution in [0.15, 0.2) is 82.7 Å². The zero-order valence-corrected chi connectivity index (χ0v) is 14.9. The van der Waals surface area contributed by atoms with Crippen LogP contribution in [0.2, 0.25) is 0 Å². The summed E-state index contributed by atoms with van der Waals surface area (Å²) in [7, 11) is 0. The summed E-state index contributed by atoms with van der Waals surface area (Å²) in [4.78, 5) is 31.2. The lowest BCUT2D eigenvalue weighted by Crippen LogP contribution is -2.16. The highest BCUT2D eigenvalue weighted by Gasteiger charge is 2.27. The molecule has 1 aromatic heterocycles. The Kier molecular flexibility index (Phi) is 4.27. The molecule has 26 heavy (non-hydrogen) atoms. The number of pyridine rings is 1. The molecule has 0 N–H and O–H groups in total. The summed E-state index contributed by atoms with van der Waals surface area (Å²) in [6, 6.07) is 19.2. The molecule has 0 bridgehead atoms. The highest BCUT2D eigenvalue weighted by atomic mass is 32.2. The van der Waals surface area contributed by atoms with Crippen molar-refractivity contribution in [2.24, 2.45) is 0 Å². The molecule has 0 radical (unpaired) electrons. The molecule has 1 heterocycles. The van der Waals surface area contributed by atoms with Crippen molar-refractivity contribution in [3.63, 3.8) is 0 Å². The summed E-state index contributed by atoms with van der Waals surface area (Å²) in [5, 5.41) is 0. The van der Waals surface area contributed by atoms with Crippen LogP contribution >= 0.6 is 11.8 Å². The number of carbonyl (C=O) groups excluding carboxylic acids is 2. The number of aryl methyl sites for hydroxylation is 1. The van der Waals surface area contributed by atoms with Crippen LogP contribution < -0.4 is 0 Å². The van der Waals surface area contributed by atoms with Gasteiger partial charge in [0.1, 0.15) is 0 Å². The number of hydrogen-bond acceptors (Lipinski definition) is 4. The first-order chi connectivity index (χ1) is 12.6. The van der Waals surface area contributed by atoms with Gasteiger partial charge in [-0.3, -0.25) is 14.6 Å². The van der Waals surface area contributed by atoms with Gasteiger partial charge in [0, 0.05) is 28.3 Å². The topological polar surface area (TPSA) is 47.0 Å². The zero-order valence-electron chi connectivity index (χ0n) is 14.1. The van der Waals surface area contributed by atoms with Gasteiger partial charge >= 0.3 is 0 Å². The molecule has 4 heteroatoms. The van der Waals surface area contributed by atoms with Crippen molar-refractivity contribution in [3.8, 4) is 11.3 Å². The Bertz CT molecular complexity index is 1040. The van der Waals surface area contributed by atoms with E-state index in [9.17, 15) is 9.59 Å². The molecule has 126 valence electrons. The highest BCUT2D eigenvalue weighted by molar-refractivity contribution is 8.04. The van der Waals surface area contributed by atoms with Crippen LogP contribution in [0.3, 0.4) is 0 Å². The van der Waals surface area contributed by atoms with Crippen LogP contribution in [0, 0.1) is 6.92 Å². The minimum atomic E-state index is -0.159. The average molecular weight is 357 g/mol. The molecule has 1 aliphatic rings. The molecule has 1 aliphatic carbocycles. The second-order valence-electron chi connectivity index (χ2n) is 6.10. The first-order valence-corrected chi connectivity index (χ1v) is 9.04. The minimum Gasteiger partial charge on any atom is -0.289 e. The predicted molar refractivity (Wildman–Crippen MR) is 103 cm³/mol. The number of ketones is 2. The Hall–Kier alpha value is -2.98. The third-order valence-corrected chi connectivity index (χ3v) is 5.25. The van der Waals surface area contributed by atoms with Gasteiger partial charge in [-0.05, 0) is 25.1 Å². The Morgan fingerprint density at radius 2 is 1.62 bits per heavy atom. The van der Waals surface area contributed by atoms with E-state index in [1.54, 1.807) is 6.07 Å². The van der Waals surface area contributed by atoms with Crippen molar-refractivity contribution in [3.05, 3.63) is 94.5 Å². The van der Waals surface area contributed by atoms with Crippen LogP contribution in [-0.4, -0.2) is 16.6 Å². The number of fused-ring (bicyclic) bond motifs is 1. The van der Waals surface area contributed by atoms with Crippen LogP contribution in [0.5, 0.6) is 0 Å². The largest absolute Gasteiger partial charge is 0.289 e. The van der Waals surface area contributed by atoms with E-state index in [-0.39, 0.29) is 11.6 Å². The fraction of sp³-hybridized carbons (Fsp3) is 0.0455. The molecule has 0 amide bonds. The number of benzene rings is 2. The molecular formula is C22H15NO2S. The molecule has 3 nitrogen and oxygen atoms in total. The minimum absolute atomic E-state index is 0.155. The summed E-state index contributed by atoms with van der Waals surface area (Å²) >= 11 is 1.31. The number of Topliss-reactive ketones (excluding diaryl/α,β-unsaturated/α-hetero) is 1. The van der Waals surface area contributed by atoms with Crippen molar-refractivity contribution in [1.29, 1.82) is 0 Å². The summed E-state index contributed by atoms with van der Waals surface area (Å²) < 4.78 is 0. The smallest absolute Gasteiger partial charge is 0.202 e. The summed E-state index contributed by atoms with van der Waals surface area (Å²) in [6.45, 7) is 2.01.